The number of rotatable bonds is 5. The van der Waals surface area contributed by atoms with Crippen molar-refractivity contribution in [2.75, 3.05) is 11.9 Å². The number of aromatic nitrogens is 1. The summed E-state index contributed by atoms with van der Waals surface area (Å²) in [4.78, 5) is 4.49. The van der Waals surface area contributed by atoms with E-state index in [1.165, 1.54) is 32.1 Å². The minimum absolute atomic E-state index is 0.352. The van der Waals surface area contributed by atoms with E-state index in [0.29, 0.717) is 10.7 Å². The molecule has 19 heavy (non-hydrogen) atoms. The van der Waals surface area contributed by atoms with E-state index in [-0.39, 0.29) is 0 Å². The molecule has 4 heteroatoms. The Morgan fingerprint density at radius 2 is 2.16 bits per heavy atom. The molecular formula is C15H23N3S. The lowest BCUT2D eigenvalue weighted by Crippen LogP contribution is -2.16. The van der Waals surface area contributed by atoms with Crippen LogP contribution in [0.5, 0.6) is 0 Å². The van der Waals surface area contributed by atoms with Crippen LogP contribution in [0.4, 0.5) is 5.69 Å². The van der Waals surface area contributed by atoms with Crippen molar-refractivity contribution in [2.45, 2.75) is 39.0 Å². The van der Waals surface area contributed by atoms with E-state index < -0.39 is 0 Å². The maximum absolute atomic E-state index is 5.58. The molecular weight excluding hydrogens is 254 g/mol. The number of hydrogen-bond donors (Lipinski definition) is 2. The standard InChI is InChI=1S/C15H23N3S/c1-11-2-4-12(5-3-11)6-8-17-13-7-9-18-14(10-13)15(16)19/h7,9-12H,2-6,8H2,1H3,(H2,16,19)(H,17,18). The summed E-state index contributed by atoms with van der Waals surface area (Å²) in [5.41, 5.74) is 7.33. The van der Waals surface area contributed by atoms with Crippen molar-refractivity contribution in [1.29, 1.82) is 0 Å². The van der Waals surface area contributed by atoms with Gasteiger partial charge in [-0.05, 0) is 30.4 Å². The highest BCUT2D eigenvalue weighted by atomic mass is 32.1. The first-order valence-corrected chi connectivity index (χ1v) is 7.55. The fourth-order valence-electron chi connectivity index (χ4n) is 2.71. The van der Waals surface area contributed by atoms with E-state index >= 15 is 0 Å². The Morgan fingerprint density at radius 1 is 1.42 bits per heavy atom. The molecule has 104 valence electrons. The molecule has 0 saturated heterocycles. The molecule has 0 spiro atoms. The summed E-state index contributed by atoms with van der Waals surface area (Å²) in [7, 11) is 0. The second-order valence-electron chi connectivity index (χ2n) is 5.64. The van der Waals surface area contributed by atoms with Gasteiger partial charge in [0.1, 0.15) is 4.99 Å². The normalized spacial score (nSPS) is 23.0. The lowest BCUT2D eigenvalue weighted by Gasteiger charge is -2.26. The number of nitrogens with zero attached hydrogens (tertiary/aromatic N) is 1. The van der Waals surface area contributed by atoms with Gasteiger partial charge in [0, 0.05) is 18.4 Å². The third-order valence-electron chi connectivity index (χ3n) is 4.03. The van der Waals surface area contributed by atoms with Crippen molar-refractivity contribution < 1.29 is 0 Å². The zero-order valence-electron chi connectivity index (χ0n) is 11.6. The van der Waals surface area contributed by atoms with E-state index in [4.69, 9.17) is 18.0 Å². The smallest absolute Gasteiger partial charge is 0.122 e. The van der Waals surface area contributed by atoms with Gasteiger partial charge >= 0.3 is 0 Å². The molecule has 3 nitrogen and oxygen atoms in total. The number of nitrogens with two attached hydrogens (primary N) is 1. The molecule has 1 aromatic heterocycles. The van der Waals surface area contributed by atoms with Gasteiger partial charge in [0.15, 0.2) is 0 Å². The zero-order chi connectivity index (χ0) is 13.7. The Kier molecular flexibility index (Phi) is 5.14. The number of thiocarbonyl (C=S) groups is 1. The molecule has 2 rings (SSSR count). The van der Waals surface area contributed by atoms with Crippen LogP contribution in [0.25, 0.3) is 0 Å². The van der Waals surface area contributed by atoms with Crippen LogP contribution in [0.1, 0.15) is 44.7 Å². The second kappa shape index (κ2) is 6.85. The van der Waals surface area contributed by atoms with Gasteiger partial charge in [-0.2, -0.15) is 0 Å². The topological polar surface area (TPSA) is 50.9 Å². The van der Waals surface area contributed by atoms with Crippen molar-refractivity contribution in [1.82, 2.24) is 4.98 Å². The Hall–Kier alpha value is -1.16. The van der Waals surface area contributed by atoms with Crippen LogP contribution in [0.3, 0.4) is 0 Å². The van der Waals surface area contributed by atoms with Crippen LogP contribution >= 0.6 is 12.2 Å². The average molecular weight is 277 g/mol. The molecule has 1 aromatic rings. The summed E-state index contributed by atoms with van der Waals surface area (Å²) >= 11 is 4.94. The van der Waals surface area contributed by atoms with Gasteiger partial charge < -0.3 is 11.1 Å². The van der Waals surface area contributed by atoms with Gasteiger partial charge in [0.25, 0.3) is 0 Å². The average Bonchev–Trinajstić information content (AvgIpc) is 2.41. The van der Waals surface area contributed by atoms with Gasteiger partial charge in [-0.1, -0.05) is 44.8 Å². The van der Waals surface area contributed by atoms with E-state index in [1.54, 1.807) is 6.20 Å². The molecule has 1 fully saturated rings. The summed E-state index contributed by atoms with van der Waals surface area (Å²) in [6.45, 7) is 3.38. The molecule has 0 aromatic carbocycles. The molecule has 0 radical (unpaired) electrons. The van der Waals surface area contributed by atoms with E-state index in [2.05, 4.69) is 17.2 Å². The summed E-state index contributed by atoms with van der Waals surface area (Å²) < 4.78 is 0. The van der Waals surface area contributed by atoms with E-state index in [1.807, 2.05) is 12.1 Å². The third kappa shape index (κ3) is 4.46. The molecule has 0 amide bonds. The van der Waals surface area contributed by atoms with Gasteiger partial charge in [0.05, 0.1) is 5.69 Å². The molecule has 1 aliphatic rings. The monoisotopic (exact) mass is 277 g/mol. The first-order valence-electron chi connectivity index (χ1n) is 7.15. The summed E-state index contributed by atoms with van der Waals surface area (Å²) in [6.07, 6.45) is 8.56. The lowest BCUT2D eigenvalue weighted by molar-refractivity contribution is 0.282. The quantitative estimate of drug-likeness (QED) is 0.810. The van der Waals surface area contributed by atoms with Crippen LogP contribution in [-0.2, 0) is 0 Å². The molecule has 3 N–H and O–H groups in total. The highest BCUT2D eigenvalue weighted by molar-refractivity contribution is 7.80. The fourth-order valence-corrected chi connectivity index (χ4v) is 2.83. The van der Waals surface area contributed by atoms with Gasteiger partial charge in [-0.3, -0.25) is 4.98 Å². The van der Waals surface area contributed by atoms with Crippen molar-refractivity contribution in [3.63, 3.8) is 0 Å². The Morgan fingerprint density at radius 3 is 2.84 bits per heavy atom. The molecule has 0 atom stereocenters. The Bertz CT molecular complexity index is 425. The van der Waals surface area contributed by atoms with Crippen LogP contribution < -0.4 is 11.1 Å². The SMILES string of the molecule is CC1CCC(CCNc2ccnc(C(N)=S)c2)CC1. The Balaban J connectivity index is 1.76. The summed E-state index contributed by atoms with van der Waals surface area (Å²) in [6, 6.07) is 3.88. The van der Waals surface area contributed by atoms with Crippen molar-refractivity contribution in [3.05, 3.63) is 24.0 Å². The highest BCUT2D eigenvalue weighted by Crippen LogP contribution is 2.30. The molecule has 1 saturated carbocycles. The molecule has 0 bridgehead atoms. The van der Waals surface area contributed by atoms with Crippen molar-refractivity contribution in [3.8, 4) is 0 Å². The summed E-state index contributed by atoms with van der Waals surface area (Å²) in [5, 5.41) is 3.44. The van der Waals surface area contributed by atoms with Gasteiger partial charge in [-0.15, -0.1) is 0 Å². The van der Waals surface area contributed by atoms with Crippen molar-refractivity contribution >= 4 is 22.9 Å². The van der Waals surface area contributed by atoms with E-state index in [0.717, 1.165) is 24.1 Å². The largest absolute Gasteiger partial charge is 0.388 e. The predicted molar refractivity (Wildman–Crippen MR) is 84.4 cm³/mol. The highest BCUT2D eigenvalue weighted by Gasteiger charge is 2.17. The molecule has 1 heterocycles. The molecule has 0 unspecified atom stereocenters. The minimum atomic E-state index is 0.352. The fraction of sp³-hybridized carbons (Fsp3) is 0.600. The van der Waals surface area contributed by atoms with Crippen LogP contribution in [0, 0.1) is 11.8 Å². The number of pyridine rings is 1. The lowest BCUT2D eigenvalue weighted by atomic mass is 9.81. The zero-order valence-corrected chi connectivity index (χ0v) is 12.4. The van der Waals surface area contributed by atoms with Crippen LogP contribution in [0.2, 0.25) is 0 Å². The predicted octanol–water partition coefficient (Wildman–Crippen LogP) is 3.34. The second-order valence-corrected chi connectivity index (χ2v) is 6.08. The first-order chi connectivity index (χ1) is 9.15. The van der Waals surface area contributed by atoms with Crippen LogP contribution in [-0.4, -0.2) is 16.5 Å². The third-order valence-corrected chi connectivity index (χ3v) is 4.24. The first kappa shape index (κ1) is 14.3. The Labute approximate surface area is 121 Å². The van der Waals surface area contributed by atoms with Gasteiger partial charge in [0.2, 0.25) is 0 Å². The van der Waals surface area contributed by atoms with Crippen LogP contribution in [0.15, 0.2) is 18.3 Å². The maximum atomic E-state index is 5.58. The number of hydrogen-bond acceptors (Lipinski definition) is 3. The minimum Gasteiger partial charge on any atom is -0.388 e. The van der Waals surface area contributed by atoms with E-state index in [9.17, 15) is 0 Å². The van der Waals surface area contributed by atoms with Crippen molar-refractivity contribution in [2.24, 2.45) is 17.6 Å². The number of nitrogens with one attached hydrogen (secondary N) is 1. The maximum Gasteiger partial charge on any atom is 0.122 e. The molecule has 1 aliphatic carbocycles. The summed E-state index contributed by atoms with van der Waals surface area (Å²) in [5.74, 6) is 1.82. The molecule has 0 aliphatic heterocycles. The number of anilines is 1. The van der Waals surface area contributed by atoms with Gasteiger partial charge in [-0.25, -0.2) is 0 Å².